The van der Waals surface area contributed by atoms with E-state index in [0.29, 0.717) is 11.7 Å². The van der Waals surface area contributed by atoms with E-state index >= 15 is 0 Å². The van der Waals surface area contributed by atoms with Crippen molar-refractivity contribution in [2.75, 3.05) is 0 Å². The largest absolute Gasteiger partial charge is 0.380 e. The van der Waals surface area contributed by atoms with Crippen molar-refractivity contribution in [3.05, 3.63) is 47.5 Å². The SMILES string of the molecule is OC(c1ccccc1)c1n[nH]c(C2CCCCC2)n1. The summed E-state index contributed by atoms with van der Waals surface area (Å²) in [7, 11) is 0. The fourth-order valence-electron chi connectivity index (χ4n) is 2.75. The second-order valence-electron chi connectivity index (χ2n) is 5.23. The molecule has 1 aliphatic rings. The Morgan fingerprint density at radius 2 is 1.84 bits per heavy atom. The topological polar surface area (TPSA) is 61.8 Å². The van der Waals surface area contributed by atoms with E-state index in [1.54, 1.807) is 0 Å². The molecule has 0 aliphatic heterocycles. The highest BCUT2D eigenvalue weighted by Crippen LogP contribution is 2.31. The van der Waals surface area contributed by atoms with E-state index in [-0.39, 0.29) is 0 Å². The predicted molar refractivity (Wildman–Crippen MR) is 72.7 cm³/mol. The minimum atomic E-state index is -0.741. The third-order valence-corrected chi connectivity index (χ3v) is 3.87. The minimum Gasteiger partial charge on any atom is -0.380 e. The number of aromatic amines is 1. The van der Waals surface area contributed by atoms with E-state index in [4.69, 9.17) is 0 Å². The molecule has 100 valence electrons. The Balaban J connectivity index is 1.77. The third-order valence-electron chi connectivity index (χ3n) is 3.87. The molecule has 0 amide bonds. The summed E-state index contributed by atoms with van der Waals surface area (Å²) in [4.78, 5) is 4.49. The summed E-state index contributed by atoms with van der Waals surface area (Å²) in [6.45, 7) is 0. The molecule has 4 heteroatoms. The van der Waals surface area contributed by atoms with Crippen molar-refractivity contribution in [1.82, 2.24) is 15.2 Å². The molecule has 19 heavy (non-hydrogen) atoms. The Labute approximate surface area is 112 Å². The molecule has 0 radical (unpaired) electrons. The highest BCUT2D eigenvalue weighted by molar-refractivity contribution is 5.22. The first-order valence-corrected chi connectivity index (χ1v) is 7.00. The summed E-state index contributed by atoms with van der Waals surface area (Å²) in [5, 5.41) is 17.4. The van der Waals surface area contributed by atoms with Gasteiger partial charge in [-0.2, -0.15) is 5.10 Å². The lowest BCUT2D eigenvalue weighted by molar-refractivity contribution is 0.210. The van der Waals surface area contributed by atoms with Crippen LogP contribution in [0.2, 0.25) is 0 Å². The molecule has 4 nitrogen and oxygen atoms in total. The van der Waals surface area contributed by atoms with Gasteiger partial charge in [0, 0.05) is 5.92 Å². The normalized spacial score (nSPS) is 18.4. The van der Waals surface area contributed by atoms with E-state index in [1.165, 1.54) is 32.1 Å². The lowest BCUT2D eigenvalue weighted by atomic mass is 9.89. The van der Waals surface area contributed by atoms with Crippen LogP contribution in [0.1, 0.15) is 61.3 Å². The van der Waals surface area contributed by atoms with Crippen molar-refractivity contribution in [1.29, 1.82) is 0 Å². The summed E-state index contributed by atoms with van der Waals surface area (Å²) in [6, 6.07) is 9.53. The lowest BCUT2D eigenvalue weighted by Crippen LogP contribution is -2.07. The maximum Gasteiger partial charge on any atom is 0.183 e. The van der Waals surface area contributed by atoms with Crippen LogP contribution in [0.25, 0.3) is 0 Å². The van der Waals surface area contributed by atoms with Crippen molar-refractivity contribution >= 4 is 0 Å². The number of H-pyrrole nitrogens is 1. The van der Waals surface area contributed by atoms with Crippen LogP contribution in [0.5, 0.6) is 0 Å². The first-order valence-electron chi connectivity index (χ1n) is 7.00. The van der Waals surface area contributed by atoms with Crippen LogP contribution < -0.4 is 0 Å². The molecule has 1 unspecified atom stereocenters. The van der Waals surface area contributed by atoms with E-state index in [9.17, 15) is 5.11 Å². The summed E-state index contributed by atoms with van der Waals surface area (Å²) in [5.41, 5.74) is 0.830. The van der Waals surface area contributed by atoms with Gasteiger partial charge >= 0.3 is 0 Å². The van der Waals surface area contributed by atoms with Crippen molar-refractivity contribution in [3.8, 4) is 0 Å². The summed E-state index contributed by atoms with van der Waals surface area (Å²) >= 11 is 0. The monoisotopic (exact) mass is 257 g/mol. The number of aromatic nitrogens is 3. The van der Waals surface area contributed by atoms with Crippen molar-refractivity contribution in [2.24, 2.45) is 0 Å². The number of nitrogens with one attached hydrogen (secondary N) is 1. The van der Waals surface area contributed by atoms with Gasteiger partial charge in [-0.05, 0) is 18.4 Å². The zero-order valence-electron chi connectivity index (χ0n) is 10.9. The molecule has 3 rings (SSSR count). The van der Waals surface area contributed by atoms with E-state index in [2.05, 4.69) is 15.2 Å². The Hall–Kier alpha value is -1.68. The number of aliphatic hydroxyl groups is 1. The molecular formula is C15H19N3O. The molecule has 1 aromatic heterocycles. The standard InChI is InChI=1S/C15H19N3O/c19-13(11-7-3-1-4-8-11)15-16-14(17-18-15)12-9-5-2-6-10-12/h1,3-4,7-8,12-13,19H,2,5-6,9-10H2,(H,16,17,18). The minimum absolute atomic E-state index is 0.478. The molecule has 1 aromatic carbocycles. The highest BCUT2D eigenvalue weighted by atomic mass is 16.3. The zero-order valence-corrected chi connectivity index (χ0v) is 10.9. The Bertz CT molecular complexity index is 517. The van der Waals surface area contributed by atoms with Crippen LogP contribution in [-0.2, 0) is 0 Å². The second kappa shape index (κ2) is 5.53. The van der Waals surface area contributed by atoms with Gasteiger partial charge in [-0.15, -0.1) is 0 Å². The summed E-state index contributed by atoms with van der Waals surface area (Å²) in [5.74, 6) is 1.90. The molecule has 1 aliphatic carbocycles. The van der Waals surface area contributed by atoms with Crippen LogP contribution in [0, 0.1) is 0 Å². The number of hydrogen-bond acceptors (Lipinski definition) is 3. The van der Waals surface area contributed by atoms with Crippen LogP contribution >= 0.6 is 0 Å². The predicted octanol–water partition coefficient (Wildman–Crippen LogP) is 2.93. The maximum atomic E-state index is 10.3. The van der Waals surface area contributed by atoms with E-state index in [1.807, 2.05) is 30.3 Å². The number of rotatable bonds is 3. The average molecular weight is 257 g/mol. The van der Waals surface area contributed by atoms with Crippen molar-refractivity contribution in [2.45, 2.75) is 44.1 Å². The first kappa shape index (κ1) is 12.4. The van der Waals surface area contributed by atoms with Crippen LogP contribution in [0.4, 0.5) is 0 Å². The second-order valence-corrected chi connectivity index (χ2v) is 5.23. The molecule has 0 bridgehead atoms. The Morgan fingerprint density at radius 1 is 1.11 bits per heavy atom. The van der Waals surface area contributed by atoms with Crippen LogP contribution in [-0.4, -0.2) is 20.3 Å². The smallest absolute Gasteiger partial charge is 0.183 e. The van der Waals surface area contributed by atoms with Crippen LogP contribution in [0.3, 0.4) is 0 Å². The van der Waals surface area contributed by atoms with E-state index < -0.39 is 6.10 Å². The van der Waals surface area contributed by atoms with Gasteiger partial charge < -0.3 is 5.11 Å². The Morgan fingerprint density at radius 3 is 2.58 bits per heavy atom. The van der Waals surface area contributed by atoms with Gasteiger partial charge in [0.2, 0.25) is 0 Å². The lowest BCUT2D eigenvalue weighted by Gasteiger charge is -2.18. The van der Waals surface area contributed by atoms with Gasteiger partial charge in [0.05, 0.1) is 0 Å². The summed E-state index contributed by atoms with van der Waals surface area (Å²) < 4.78 is 0. The molecular weight excluding hydrogens is 238 g/mol. The first-order chi connectivity index (χ1) is 9.34. The number of hydrogen-bond donors (Lipinski definition) is 2. The Kier molecular flexibility index (Phi) is 3.60. The summed E-state index contributed by atoms with van der Waals surface area (Å²) in [6.07, 6.45) is 5.47. The number of nitrogens with zero attached hydrogens (tertiary/aromatic N) is 2. The molecule has 2 N–H and O–H groups in total. The molecule has 0 saturated heterocycles. The van der Waals surface area contributed by atoms with Gasteiger partial charge in [-0.1, -0.05) is 49.6 Å². The molecule has 1 fully saturated rings. The van der Waals surface area contributed by atoms with Gasteiger partial charge in [-0.25, -0.2) is 4.98 Å². The van der Waals surface area contributed by atoms with Crippen molar-refractivity contribution < 1.29 is 5.11 Å². The van der Waals surface area contributed by atoms with Gasteiger partial charge in [0.15, 0.2) is 5.82 Å². The average Bonchev–Trinajstić information content (AvgIpc) is 2.98. The molecule has 2 aromatic rings. The highest BCUT2D eigenvalue weighted by Gasteiger charge is 2.21. The number of aliphatic hydroxyl groups excluding tert-OH is 1. The van der Waals surface area contributed by atoms with Crippen molar-refractivity contribution in [3.63, 3.8) is 0 Å². The fraction of sp³-hybridized carbons (Fsp3) is 0.467. The molecule has 1 atom stereocenters. The van der Waals surface area contributed by atoms with E-state index in [0.717, 1.165) is 11.4 Å². The van der Waals surface area contributed by atoms with Crippen LogP contribution in [0.15, 0.2) is 30.3 Å². The van der Waals surface area contributed by atoms with Gasteiger partial charge in [0.1, 0.15) is 11.9 Å². The maximum absolute atomic E-state index is 10.3. The molecule has 1 heterocycles. The van der Waals surface area contributed by atoms with Gasteiger partial charge in [0.25, 0.3) is 0 Å². The fourth-order valence-corrected chi connectivity index (χ4v) is 2.75. The van der Waals surface area contributed by atoms with Gasteiger partial charge in [-0.3, -0.25) is 5.10 Å². The number of benzene rings is 1. The third kappa shape index (κ3) is 2.68. The quantitative estimate of drug-likeness (QED) is 0.888. The molecule has 1 saturated carbocycles. The molecule has 0 spiro atoms. The zero-order chi connectivity index (χ0) is 13.1.